The number of rotatable bonds is 5. The van der Waals surface area contributed by atoms with Gasteiger partial charge in [-0.15, -0.1) is 0 Å². The molecule has 0 fully saturated rings. The topological polar surface area (TPSA) is 35.2 Å². The van der Waals surface area contributed by atoms with Crippen molar-refractivity contribution in [3.63, 3.8) is 0 Å². The van der Waals surface area contributed by atoms with Crippen LogP contribution in [-0.4, -0.2) is 13.7 Å². The van der Waals surface area contributed by atoms with Crippen LogP contribution < -0.4 is 5.73 Å². The van der Waals surface area contributed by atoms with Crippen LogP contribution >= 0.6 is 0 Å². The highest BCUT2D eigenvalue weighted by molar-refractivity contribution is 5.29. The zero-order valence-electron chi connectivity index (χ0n) is 9.59. The molecule has 0 bridgehead atoms. The fourth-order valence-electron chi connectivity index (χ4n) is 1.73. The van der Waals surface area contributed by atoms with Crippen LogP contribution in [0.25, 0.3) is 0 Å². The smallest absolute Gasteiger partial charge is 0.135 e. The van der Waals surface area contributed by atoms with Gasteiger partial charge in [-0.25, -0.2) is 8.78 Å². The van der Waals surface area contributed by atoms with Crippen LogP contribution in [0.1, 0.15) is 30.4 Å². The summed E-state index contributed by atoms with van der Waals surface area (Å²) >= 11 is 0. The second-order valence-corrected chi connectivity index (χ2v) is 3.85. The Morgan fingerprint density at radius 1 is 1.38 bits per heavy atom. The second kappa shape index (κ2) is 5.92. The van der Waals surface area contributed by atoms with E-state index in [-0.39, 0.29) is 18.1 Å². The average Bonchev–Trinajstić information content (AvgIpc) is 2.23. The molecule has 4 heteroatoms. The van der Waals surface area contributed by atoms with Crippen molar-refractivity contribution in [2.45, 2.75) is 25.9 Å². The largest absolute Gasteiger partial charge is 0.380 e. The summed E-state index contributed by atoms with van der Waals surface area (Å²) in [6.45, 7) is 2.33. The molecule has 1 unspecified atom stereocenters. The van der Waals surface area contributed by atoms with Crippen molar-refractivity contribution in [2.24, 2.45) is 5.73 Å². The van der Waals surface area contributed by atoms with E-state index < -0.39 is 11.6 Å². The lowest BCUT2D eigenvalue weighted by Crippen LogP contribution is -2.10. The number of benzene rings is 1. The van der Waals surface area contributed by atoms with Crippen LogP contribution in [0.4, 0.5) is 8.78 Å². The quantitative estimate of drug-likeness (QED) is 0.842. The van der Waals surface area contributed by atoms with Gasteiger partial charge in [0.1, 0.15) is 11.6 Å². The number of nitrogens with two attached hydrogens (primary N) is 1. The number of hydrogen-bond acceptors (Lipinski definition) is 2. The summed E-state index contributed by atoms with van der Waals surface area (Å²) in [5.74, 6) is -1.25. The van der Waals surface area contributed by atoms with Crippen molar-refractivity contribution in [1.29, 1.82) is 0 Å². The molecule has 1 aromatic carbocycles. The Balaban J connectivity index is 3.09. The summed E-state index contributed by atoms with van der Waals surface area (Å²) < 4.78 is 32.3. The highest BCUT2D eigenvalue weighted by Gasteiger charge is 2.18. The van der Waals surface area contributed by atoms with E-state index in [2.05, 4.69) is 0 Å². The predicted octanol–water partition coefficient (Wildman–Crippen LogP) is 2.56. The molecule has 0 saturated heterocycles. The molecule has 0 amide bonds. The average molecular weight is 229 g/mol. The van der Waals surface area contributed by atoms with E-state index in [4.69, 9.17) is 10.5 Å². The predicted molar refractivity (Wildman–Crippen MR) is 59.2 cm³/mol. The summed E-state index contributed by atoms with van der Waals surface area (Å²) in [6, 6.07) is 2.69. The first-order valence-corrected chi connectivity index (χ1v) is 5.27. The lowest BCUT2D eigenvalue weighted by Gasteiger charge is -2.15. The lowest BCUT2D eigenvalue weighted by molar-refractivity contribution is 0.181. The summed E-state index contributed by atoms with van der Waals surface area (Å²) in [5, 5.41) is 0. The molecule has 2 N–H and O–H groups in total. The summed E-state index contributed by atoms with van der Waals surface area (Å²) in [7, 11) is 1.48. The number of hydrogen-bond donors (Lipinski definition) is 1. The monoisotopic (exact) mass is 229 g/mol. The molecule has 0 heterocycles. The molecule has 1 atom stereocenters. The van der Waals surface area contributed by atoms with Crippen LogP contribution in [0.2, 0.25) is 0 Å². The van der Waals surface area contributed by atoms with Gasteiger partial charge >= 0.3 is 0 Å². The molecule has 0 saturated carbocycles. The molecule has 0 spiro atoms. The Bertz CT molecular complexity index is 355. The summed E-state index contributed by atoms with van der Waals surface area (Å²) in [5.41, 5.74) is 5.88. The van der Waals surface area contributed by atoms with Crippen LogP contribution in [-0.2, 0) is 11.3 Å². The highest BCUT2D eigenvalue weighted by atomic mass is 19.1. The second-order valence-electron chi connectivity index (χ2n) is 3.85. The minimum atomic E-state index is -0.515. The van der Waals surface area contributed by atoms with E-state index in [9.17, 15) is 8.78 Å². The third kappa shape index (κ3) is 2.77. The zero-order chi connectivity index (χ0) is 12.1. The summed E-state index contributed by atoms with van der Waals surface area (Å²) in [4.78, 5) is 0. The van der Waals surface area contributed by atoms with Crippen molar-refractivity contribution in [3.8, 4) is 0 Å². The van der Waals surface area contributed by atoms with Gasteiger partial charge < -0.3 is 10.5 Å². The molecule has 2 nitrogen and oxygen atoms in total. The van der Waals surface area contributed by atoms with Gasteiger partial charge in [-0.05, 0) is 24.9 Å². The van der Waals surface area contributed by atoms with Crippen LogP contribution in [0, 0.1) is 11.6 Å². The molecule has 1 rings (SSSR count). The Hall–Kier alpha value is -1.00. The standard InChI is InChI=1S/C12H17F2NO/c1-8(5-6-15)11-10(13)4-3-9(7-16-2)12(11)14/h3-4,8H,5-7,15H2,1-2H3. The Kier molecular flexibility index (Phi) is 4.83. The Morgan fingerprint density at radius 2 is 2.06 bits per heavy atom. The fraction of sp³-hybridized carbons (Fsp3) is 0.500. The first kappa shape index (κ1) is 13.1. The molecule has 0 aliphatic heterocycles. The molecule has 0 aliphatic rings. The van der Waals surface area contributed by atoms with E-state index >= 15 is 0 Å². The molecule has 90 valence electrons. The van der Waals surface area contributed by atoms with E-state index in [1.807, 2.05) is 0 Å². The Morgan fingerprint density at radius 3 is 2.62 bits per heavy atom. The molecule has 0 radical (unpaired) electrons. The van der Waals surface area contributed by atoms with Crippen LogP contribution in [0.5, 0.6) is 0 Å². The summed E-state index contributed by atoms with van der Waals surface area (Å²) in [6.07, 6.45) is 0.560. The van der Waals surface area contributed by atoms with Gasteiger partial charge in [0.15, 0.2) is 0 Å². The van der Waals surface area contributed by atoms with Crippen molar-refractivity contribution >= 4 is 0 Å². The third-order valence-corrected chi connectivity index (χ3v) is 2.60. The van der Waals surface area contributed by atoms with Gasteiger partial charge in [-0.1, -0.05) is 13.0 Å². The number of halogens is 2. The highest BCUT2D eigenvalue weighted by Crippen LogP contribution is 2.27. The van der Waals surface area contributed by atoms with Crippen LogP contribution in [0.15, 0.2) is 12.1 Å². The first-order valence-electron chi connectivity index (χ1n) is 5.27. The van der Waals surface area contributed by atoms with Gasteiger partial charge in [0.25, 0.3) is 0 Å². The van der Waals surface area contributed by atoms with Gasteiger partial charge in [0.2, 0.25) is 0 Å². The van der Waals surface area contributed by atoms with Gasteiger partial charge in [0, 0.05) is 18.2 Å². The van der Waals surface area contributed by atoms with Crippen molar-refractivity contribution in [2.75, 3.05) is 13.7 Å². The van der Waals surface area contributed by atoms with E-state index in [1.54, 1.807) is 6.92 Å². The Labute approximate surface area is 94.4 Å². The van der Waals surface area contributed by atoms with Gasteiger partial charge in [-0.3, -0.25) is 0 Å². The van der Waals surface area contributed by atoms with E-state index in [0.29, 0.717) is 18.5 Å². The molecular formula is C12H17F2NO. The van der Waals surface area contributed by atoms with Crippen molar-refractivity contribution in [3.05, 3.63) is 34.9 Å². The minimum Gasteiger partial charge on any atom is -0.380 e. The molecule has 1 aromatic rings. The maximum absolute atomic E-state index is 13.9. The fourth-order valence-corrected chi connectivity index (χ4v) is 1.73. The third-order valence-electron chi connectivity index (χ3n) is 2.60. The zero-order valence-corrected chi connectivity index (χ0v) is 9.59. The maximum Gasteiger partial charge on any atom is 0.135 e. The van der Waals surface area contributed by atoms with Crippen molar-refractivity contribution < 1.29 is 13.5 Å². The molecule has 0 aromatic heterocycles. The van der Waals surface area contributed by atoms with Gasteiger partial charge in [0.05, 0.1) is 6.61 Å². The number of ether oxygens (including phenoxy) is 1. The minimum absolute atomic E-state index is 0.111. The normalized spacial score (nSPS) is 12.8. The lowest BCUT2D eigenvalue weighted by atomic mass is 9.95. The molecular weight excluding hydrogens is 212 g/mol. The van der Waals surface area contributed by atoms with E-state index in [1.165, 1.54) is 19.2 Å². The molecule has 0 aliphatic carbocycles. The first-order chi connectivity index (χ1) is 7.61. The van der Waals surface area contributed by atoms with Gasteiger partial charge in [-0.2, -0.15) is 0 Å². The number of methoxy groups -OCH3 is 1. The van der Waals surface area contributed by atoms with E-state index in [0.717, 1.165) is 0 Å². The SMILES string of the molecule is COCc1ccc(F)c(C(C)CCN)c1F. The molecule has 16 heavy (non-hydrogen) atoms. The van der Waals surface area contributed by atoms with Crippen LogP contribution in [0.3, 0.4) is 0 Å². The maximum atomic E-state index is 13.9. The van der Waals surface area contributed by atoms with Crippen molar-refractivity contribution in [1.82, 2.24) is 0 Å².